The Balaban J connectivity index is 2.07. The van der Waals surface area contributed by atoms with Crippen LogP contribution in [0.3, 0.4) is 0 Å². The molecule has 0 amide bonds. The highest BCUT2D eigenvalue weighted by atomic mass is 79.9. The molecule has 3 rings (SSSR count). The molecule has 0 aliphatic heterocycles. The van der Waals surface area contributed by atoms with Crippen molar-refractivity contribution in [2.75, 3.05) is 0 Å². The molecular weight excluding hydrogens is 328 g/mol. The highest BCUT2D eigenvalue weighted by Gasteiger charge is 2.13. The second kappa shape index (κ2) is 4.90. The van der Waals surface area contributed by atoms with E-state index in [-0.39, 0.29) is 0 Å². The van der Waals surface area contributed by atoms with E-state index in [1.165, 1.54) is 17.5 Å². The molecule has 4 nitrogen and oxygen atoms in total. The van der Waals surface area contributed by atoms with Crippen LogP contribution in [0.15, 0.2) is 35.3 Å². The lowest BCUT2D eigenvalue weighted by Gasteiger charge is -2.05. The largest absolute Gasteiger partial charge is 0.299 e. The highest BCUT2D eigenvalue weighted by Crippen LogP contribution is 2.23. The van der Waals surface area contributed by atoms with Crippen LogP contribution in [0.2, 0.25) is 5.15 Å². The molecular formula is C13H10BrClN4. The summed E-state index contributed by atoms with van der Waals surface area (Å²) >= 11 is 9.46. The smallest absolute Gasteiger partial charge is 0.179 e. The van der Waals surface area contributed by atoms with E-state index in [1.807, 2.05) is 4.57 Å². The minimum absolute atomic E-state index is 0.369. The van der Waals surface area contributed by atoms with Gasteiger partial charge in [0, 0.05) is 0 Å². The zero-order chi connectivity index (χ0) is 13.4. The van der Waals surface area contributed by atoms with Gasteiger partial charge in [0.15, 0.2) is 15.5 Å². The van der Waals surface area contributed by atoms with Crippen LogP contribution >= 0.6 is 27.5 Å². The molecule has 2 aromatic heterocycles. The summed E-state index contributed by atoms with van der Waals surface area (Å²) in [6, 6.07) is 8.36. The number of nitrogens with zero attached hydrogens (tertiary/aromatic N) is 4. The minimum Gasteiger partial charge on any atom is -0.299 e. The number of halogens is 2. The zero-order valence-corrected chi connectivity index (χ0v) is 12.5. The molecule has 0 saturated heterocycles. The quantitative estimate of drug-likeness (QED) is 0.530. The van der Waals surface area contributed by atoms with Crippen LogP contribution in [0.25, 0.3) is 11.2 Å². The van der Waals surface area contributed by atoms with Gasteiger partial charge in [-0.05, 0) is 28.4 Å². The first-order valence-electron chi connectivity index (χ1n) is 5.73. The summed E-state index contributed by atoms with van der Waals surface area (Å²) in [6.45, 7) is 2.75. The molecule has 96 valence electrons. The van der Waals surface area contributed by atoms with E-state index >= 15 is 0 Å². The molecule has 0 aliphatic carbocycles. The van der Waals surface area contributed by atoms with E-state index in [0.29, 0.717) is 21.9 Å². The number of aryl methyl sites for hydroxylation is 1. The monoisotopic (exact) mass is 336 g/mol. The van der Waals surface area contributed by atoms with Gasteiger partial charge in [0.05, 0.1) is 6.54 Å². The van der Waals surface area contributed by atoms with Gasteiger partial charge < -0.3 is 0 Å². The van der Waals surface area contributed by atoms with E-state index in [0.717, 1.165) is 5.65 Å². The van der Waals surface area contributed by atoms with Crippen LogP contribution in [0, 0.1) is 6.92 Å². The maximum Gasteiger partial charge on any atom is 0.179 e. The number of benzene rings is 1. The average Bonchev–Trinajstić information content (AvgIpc) is 2.71. The number of hydrogen-bond acceptors (Lipinski definition) is 3. The predicted molar refractivity (Wildman–Crippen MR) is 78.3 cm³/mol. The predicted octanol–water partition coefficient (Wildman–Crippen LogP) is 3.60. The van der Waals surface area contributed by atoms with Crippen molar-refractivity contribution >= 4 is 38.7 Å². The maximum absolute atomic E-state index is 6.02. The topological polar surface area (TPSA) is 43.6 Å². The second-order valence-corrected chi connectivity index (χ2v) is 5.36. The van der Waals surface area contributed by atoms with Crippen LogP contribution < -0.4 is 0 Å². The summed E-state index contributed by atoms with van der Waals surface area (Å²) < 4.78 is 2.67. The fraction of sp³-hybridized carbons (Fsp3) is 0.154. The Morgan fingerprint density at radius 2 is 1.95 bits per heavy atom. The first-order valence-corrected chi connectivity index (χ1v) is 6.90. The summed E-state index contributed by atoms with van der Waals surface area (Å²) in [5, 5.41) is 0.369. The van der Waals surface area contributed by atoms with E-state index in [4.69, 9.17) is 11.6 Å². The number of rotatable bonds is 2. The van der Waals surface area contributed by atoms with Gasteiger partial charge in [-0.1, -0.05) is 41.4 Å². The Hall–Kier alpha value is -1.46. The molecule has 6 heteroatoms. The van der Waals surface area contributed by atoms with Crippen molar-refractivity contribution in [3.8, 4) is 0 Å². The van der Waals surface area contributed by atoms with Crippen LogP contribution in [0.5, 0.6) is 0 Å². The lowest BCUT2D eigenvalue weighted by molar-refractivity contribution is 0.790. The van der Waals surface area contributed by atoms with E-state index < -0.39 is 0 Å². The first kappa shape index (κ1) is 12.6. The highest BCUT2D eigenvalue weighted by molar-refractivity contribution is 9.10. The molecule has 3 aromatic rings. The molecule has 19 heavy (non-hydrogen) atoms. The van der Waals surface area contributed by atoms with Gasteiger partial charge in [-0.3, -0.25) is 4.57 Å². The molecule has 0 bridgehead atoms. The Kier molecular flexibility index (Phi) is 3.24. The van der Waals surface area contributed by atoms with Crippen molar-refractivity contribution in [3.05, 3.63) is 51.6 Å². The van der Waals surface area contributed by atoms with Crippen LogP contribution in [-0.4, -0.2) is 19.5 Å². The van der Waals surface area contributed by atoms with Crippen molar-refractivity contribution < 1.29 is 0 Å². The van der Waals surface area contributed by atoms with Crippen LogP contribution in [0.1, 0.15) is 11.1 Å². The van der Waals surface area contributed by atoms with Crippen molar-refractivity contribution in [2.24, 2.45) is 0 Å². The minimum atomic E-state index is 0.369. The van der Waals surface area contributed by atoms with Gasteiger partial charge in [0.2, 0.25) is 0 Å². The van der Waals surface area contributed by atoms with Gasteiger partial charge in [0.25, 0.3) is 0 Å². The third-order valence-electron chi connectivity index (χ3n) is 2.90. The molecule has 0 saturated carbocycles. The molecule has 2 heterocycles. The zero-order valence-electron chi connectivity index (χ0n) is 10.1. The van der Waals surface area contributed by atoms with E-state index in [2.05, 4.69) is 62.1 Å². The van der Waals surface area contributed by atoms with Crippen molar-refractivity contribution in [1.82, 2.24) is 19.5 Å². The number of imidazole rings is 1. The van der Waals surface area contributed by atoms with E-state index in [9.17, 15) is 0 Å². The van der Waals surface area contributed by atoms with Crippen LogP contribution in [-0.2, 0) is 6.54 Å². The summed E-state index contributed by atoms with van der Waals surface area (Å²) in [4.78, 5) is 12.5. The molecule has 0 fully saturated rings. The van der Waals surface area contributed by atoms with Crippen molar-refractivity contribution in [2.45, 2.75) is 13.5 Å². The Bertz CT molecular complexity index is 736. The Morgan fingerprint density at radius 1 is 1.21 bits per heavy atom. The first-order chi connectivity index (χ1) is 9.15. The number of fused-ring (bicyclic) bond motifs is 1. The Labute approximate surface area is 123 Å². The number of hydrogen-bond donors (Lipinski definition) is 0. The van der Waals surface area contributed by atoms with Crippen molar-refractivity contribution in [3.63, 3.8) is 0 Å². The van der Waals surface area contributed by atoms with Crippen molar-refractivity contribution in [1.29, 1.82) is 0 Å². The third kappa shape index (κ3) is 2.35. The summed E-state index contributed by atoms with van der Waals surface area (Å²) in [5.74, 6) is 0. The third-order valence-corrected chi connectivity index (χ3v) is 3.78. The summed E-state index contributed by atoms with van der Waals surface area (Å²) in [7, 11) is 0. The molecule has 0 spiro atoms. The standard InChI is InChI=1S/C13H10BrClN4/c1-8-2-4-9(5-3-8)6-19-12-10(18-13(19)14)11(15)16-7-17-12/h2-5,7H,6H2,1H3. The van der Waals surface area contributed by atoms with E-state index in [1.54, 1.807) is 0 Å². The molecule has 0 unspecified atom stereocenters. The maximum atomic E-state index is 6.02. The molecule has 0 radical (unpaired) electrons. The van der Waals surface area contributed by atoms with Gasteiger partial charge >= 0.3 is 0 Å². The molecule has 0 N–H and O–H groups in total. The fourth-order valence-corrected chi connectivity index (χ4v) is 2.54. The van der Waals surface area contributed by atoms with Gasteiger partial charge in [-0.2, -0.15) is 0 Å². The average molecular weight is 338 g/mol. The molecule has 1 aromatic carbocycles. The second-order valence-electron chi connectivity index (χ2n) is 4.29. The summed E-state index contributed by atoms with van der Waals surface area (Å²) in [6.07, 6.45) is 1.45. The SMILES string of the molecule is Cc1ccc(Cn2c(Br)nc3c(Cl)ncnc32)cc1. The van der Waals surface area contributed by atoms with Gasteiger partial charge in [-0.15, -0.1) is 0 Å². The van der Waals surface area contributed by atoms with Crippen LogP contribution in [0.4, 0.5) is 0 Å². The van der Waals surface area contributed by atoms with Gasteiger partial charge in [-0.25, -0.2) is 15.0 Å². The summed E-state index contributed by atoms with van der Waals surface area (Å²) in [5.41, 5.74) is 3.76. The Morgan fingerprint density at radius 3 is 2.68 bits per heavy atom. The van der Waals surface area contributed by atoms with Gasteiger partial charge in [0.1, 0.15) is 11.8 Å². The lowest BCUT2D eigenvalue weighted by Crippen LogP contribution is -2.01. The number of aromatic nitrogens is 4. The lowest BCUT2D eigenvalue weighted by atomic mass is 10.1. The molecule has 0 atom stereocenters. The normalized spacial score (nSPS) is 11.1. The molecule has 0 aliphatic rings. The fourth-order valence-electron chi connectivity index (χ4n) is 1.90.